The fourth-order valence-electron chi connectivity index (χ4n) is 3.75. The molecule has 2 aliphatic rings. The standard InChI is InChI=1S/C18H17BrN2O2S2/c1-12-5-2-3-8-15(12)21-17-11-25(22,23)10-16(17)20(18(21)24)14-7-4-6-13(19)9-14/h2-9,16-17H,10-11H2,1H3/t16-,17+/m1/s1. The fourth-order valence-corrected chi connectivity index (χ4v) is 6.53. The summed E-state index contributed by atoms with van der Waals surface area (Å²) in [5.74, 6) is 0.267. The highest BCUT2D eigenvalue weighted by molar-refractivity contribution is 9.10. The molecule has 0 amide bonds. The van der Waals surface area contributed by atoms with E-state index in [0.29, 0.717) is 5.11 Å². The molecule has 2 saturated heterocycles. The number of fused-ring (bicyclic) bond motifs is 1. The van der Waals surface area contributed by atoms with E-state index < -0.39 is 9.84 Å². The number of nitrogens with zero attached hydrogens (tertiary/aromatic N) is 2. The summed E-state index contributed by atoms with van der Waals surface area (Å²) in [4.78, 5) is 4.03. The molecule has 0 radical (unpaired) electrons. The van der Waals surface area contributed by atoms with Crippen LogP contribution in [0.1, 0.15) is 5.56 Å². The molecule has 4 rings (SSSR count). The Bertz CT molecular complexity index is 961. The third-order valence-electron chi connectivity index (χ3n) is 4.83. The van der Waals surface area contributed by atoms with Crippen LogP contribution in [0, 0.1) is 6.92 Å². The fraction of sp³-hybridized carbons (Fsp3) is 0.278. The summed E-state index contributed by atoms with van der Waals surface area (Å²) >= 11 is 9.29. The summed E-state index contributed by atoms with van der Waals surface area (Å²) in [5, 5.41) is 0.664. The monoisotopic (exact) mass is 436 g/mol. The van der Waals surface area contributed by atoms with E-state index in [9.17, 15) is 8.42 Å². The molecule has 7 heteroatoms. The molecule has 0 aliphatic carbocycles. The Hall–Kier alpha value is -1.44. The van der Waals surface area contributed by atoms with Gasteiger partial charge in [-0.25, -0.2) is 8.42 Å². The van der Waals surface area contributed by atoms with E-state index in [0.717, 1.165) is 21.4 Å². The Morgan fingerprint density at radius 2 is 1.72 bits per heavy atom. The summed E-state index contributed by atoms with van der Waals surface area (Å²) in [7, 11) is -3.09. The first-order valence-electron chi connectivity index (χ1n) is 8.01. The molecule has 25 heavy (non-hydrogen) atoms. The van der Waals surface area contributed by atoms with Crippen LogP contribution in [-0.2, 0) is 9.84 Å². The molecular weight excluding hydrogens is 420 g/mol. The number of hydrogen-bond donors (Lipinski definition) is 0. The van der Waals surface area contributed by atoms with Crippen LogP contribution in [0.15, 0.2) is 53.0 Å². The van der Waals surface area contributed by atoms with Crippen LogP contribution >= 0.6 is 28.1 Å². The average molecular weight is 437 g/mol. The van der Waals surface area contributed by atoms with Crippen molar-refractivity contribution in [1.29, 1.82) is 0 Å². The minimum Gasteiger partial charge on any atom is -0.312 e. The Morgan fingerprint density at radius 1 is 1.04 bits per heavy atom. The van der Waals surface area contributed by atoms with Gasteiger partial charge in [-0.3, -0.25) is 0 Å². The van der Waals surface area contributed by atoms with Gasteiger partial charge in [-0.15, -0.1) is 0 Å². The van der Waals surface area contributed by atoms with Crippen LogP contribution in [0.2, 0.25) is 0 Å². The minimum atomic E-state index is -3.09. The van der Waals surface area contributed by atoms with Gasteiger partial charge < -0.3 is 9.80 Å². The first-order valence-corrected chi connectivity index (χ1v) is 11.0. The van der Waals surface area contributed by atoms with Crippen LogP contribution in [0.4, 0.5) is 11.4 Å². The Morgan fingerprint density at radius 3 is 2.40 bits per heavy atom. The summed E-state index contributed by atoms with van der Waals surface area (Å²) in [6.45, 7) is 2.03. The van der Waals surface area contributed by atoms with E-state index in [2.05, 4.69) is 15.9 Å². The summed E-state index contributed by atoms with van der Waals surface area (Å²) in [6.07, 6.45) is 0. The highest BCUT2D eigenvalue weighted by atomic mass is 79.9. The zero-order valence-corrected chi connectivity index (χ0v) is 16.8. The van der Waals surface area contributed by atoms with Gasteiger partial charge in [-0.2, -0.15) is 0 Å². The molecule has 2 aromatic rings. The number of para-hydroxylation sites is 1. The highest BCUT2D eigenvalue weighted by Gasteiger charge is 2.52. The molecule has 2 heterocycles. The van der Waals surface area contributed by atoms with Crippen LogP contribution in [0.5, 0.6) is 0 Å². The number of halogens is 1. The van der Waals surface area contributed by atoms with E-state index >= 15 is 0 Å². The third-order valence-corrected chi connectivity index (χ3v) is 7.42. The van der Waals surface area contributed by atoms with Crippen LogP contribution < -0.4 is 9.80 Å². The summed E-state index contributed by atoms with van der Waals surface area (Å²) in [6, 6.07) is 15.5. The number of thiocarbonyl (C=S) groups is 1. The first-order chi connectivity index (χ1) is 11.9. The number of rotatable bonds is 2. The lowest BCUT2D eigenvalue weighted by atomic mass is 10.1. The first kappa shape index (κ1) is 17.0. The van der Waals surface area contributed by atoms with Crippen molar-refractivity contribution in [3.8, 4) is 0 Å². The van der Waals surface area contributed by atoms with Gasteiger partial charge >= 0.3 is 0 Å². The SMILES string of the molecule is Cc1ccccc1N1C(=S)N(c2cccc(Br)c2)[C@@H]2CS(=O)(=O)C[C@@H]21. The number of aryl methyl sites for hydroxylation is 1. The van der Waals surface area contributed by atoms with Gasteiger partial charge in [0.2, 0.25) is 0 Å². The molecule has 0 unspecified atom stereocenters. The van der Waals surface area contributed by atoms with Crippen LogP contribution in [0.25, 0.3) is 0 Å². The molecule has 0 bridgehead atoms. The lowest BCUT2D eigenvalue weighted by molar-refractivity contribution is 0.601. The minimum absolute atomic E-state index is 0.132. The molecule has 0 spiro atoms. The third kappa shape index (κ3) is 2.88. The smallest absolute Gasteiger partial charge is 0.181 e. The van der Waals surface area contributed by atoms with Gasteiger partial charge in [0.1, 0.15) is 0 Å². The lowest BCUT2D eigenvalue weighted by Gasteiger charge is -2.27. The maximum Gasteiger partial charge on any atom is 0.181 e. The molecule has 0 N–H and O–H groups in total. The van der Waals surface area contributed by atoms with Crippen LogP contribution in [-0.4, -0.2) is 37.1 Å². The Balaban J connectivity index is 1.84. The van der Waals surface area contributed by atoms with Crippen LogP contribution in [0.3, 0.4) is 0 Å². The average Bonchev–Trinajstić information content (AvgIpc) is 2.97. The van der Waals surface area contributed by atoms with Crippen molar-refractivity contribution >= 4 is 54.5 Å². The normalized spacial score (nSPS) is 24.6. The van der Waals surface area contributed by atoms with Gasteiger partial charge in [0.05, 0.1) is 23.6 Å². The Kier molecular flexibility index (Phi) is 4.13. The predicted octanol–water partition coefficient (Wildman–Crippen LogP) is 3.53. The molecular formula is C18H17BrN2O2S2. The maximum atomic E-state index is 12.4. The van der Waals surface area contributed by atoms with Crippen molar-refractivity contribution in [2.45, 2.75) is 19.0 Å². The van der Waals surface area contributed by atoms with Gasteiger partial charge in [0, 0.05) is 15.8 Å². The van der Waals surface area contributed by atoms with Crippen molar-refractivity contribution in [3.05, 3.63) is 58.6 Å². The topological polar surface area (TPSA) is 40.6 Å². The van der Waals surface area contributed by atoms with Gasteiger partial charge in [-0.1, -0.05) is 40.2 Å². The van der Waals surface area contributed by atoms with Crippen molar-refractivity contribution in [1.82, 2.24) is 0 Å². The van der Waals surface area contributed by atoms with Crippen molar-refractivity contribution < 1.29 is 8.42 Å². The van der Waals surface area contributed by atoms with E-state index in [1.807, 2.05) is 65.3 Å². The second-order valence-electron chi connectivity index (χ2n) is 6.50. The zero-order valence-electron chi connectivity index (χ0n) is 13.6. The van der Waals surface area contributed by atoms with E-state index in [1.165, 1.54) is 0 Å². The molecule has 4 nitrogen and oxygen atoms in total. The predicted molar refractivity (Wildman–Crippen MR) is 109 cm³/mol. The molecule has 2 aliphatic heterocycles. The molecule has 2 fully saturated rings. The van der Waals surface area contributed by atoms with Crippen molar-refractivity contribution in [2.75, 3.05) is 21.3 Å². The maximum absolute atomic E-state index is 12.4. The van der Waals surface area contributed by atoms with E-state index in [-0.39, 0.29) is 23.6 Å². The van der Waals surface area contributed by atoms with Gasteiger partial charge in [0.15, 0.2) is 14.9 Å². The lowest BCUT2D eigenvalue weighted by Crippen LogP contribution is -2.38. The Labute approximate surface area is 161 Å². The van der Waals surface area contributed by atoms with Gasteiger partial charge in [0.25, 0.3) is 0 Å². The molecule has 0 aromatic heterocycles. The van der Waals surface area contributed by atoms with Crippen molar-refractivity contribution in [3.63, 3.8) is 0 Å². The molecule has 2 atom stereocenters. The van der Waals surface area contributed by atoms with Gasteiger partial charge in [-0.05, 0) is 49.0 Å². The second-order valence-corrected chi connectivity index (χ2v) is 9.94. The zero-order chi connectivity index (χ0) is 17.8. The summed E-state index contributed by atoms with van der Waals surface area (Å²) < 4.78 is 25.6. The molecule has 0 saturated carbocycles. The molecule has 130 valence electrons. The number of benzene rings is 2. The molecule has 2 aromatic carbocycles. The highest BCUT2D eigenvalue weighted by Crippen LogP contribution is 2.39. The quantitative estimate of drug-likeness (QED) is 0.673. The van der Waals surface area contributed by atoms with Crippen molar-refractivity contribution in [2.24, 2.45) is 0 Å². The van der Waals surface area contributed by atoms with E-state index in [1.54, 1.807) is 0 Å². The second kappa shape index (κ2) is 6.07. The number of anilines is 2. The number of sulfone groups is 1. The largest absolute Gasteiger partial charge is 0.312 e. The van der Waals surface area contributed by atoms with E-state index in [4.69, 9.17) is 12.2 Å². The summed E-state index contributed by atoms with van der Waals surface area (Å²) in [5.41, 5.74) is 2.99. The number of hydrogen-bond acceptors (Lipinski definition) is 3.